The van der Waals surface area contributed by atoms with Gasteiger partial charge in [0.2, 0.25) is 5.91 Å². The van der Waals surface area contributed by atoms with Crippen LogP contribution in [0.4, 0.5) is 0 Å². The second kappa shape index (κ2) is 8.99. The summed E-state index contributed by atoms with van der Waals surface area (Å²) in [6, 6.07) is 13.3. The highest BCUT2D eigenvalue weighted by Gasteiger charge is 2.30. The van der Waals surface area contributed by atoms with Gasteiger partial charge in [0.05, 0.1) is 18.4 Å². The minimum Gasteiger partial charge on any atom is -0.497 e. The Morgan fingerprint density at radius 3 is 2.57 bits per heavy atom. The molecule has 0 aliphatic carbocycles. The summed E-state index contributed by atoms with van der Waals surface area (Å²) in [4.78, 5) is 17.4. The van der Waals surface area contributed by atoms with E-state index in [1.165, 1.54) is 36.8 Å². The lowest BCUT2D eigenvalue weighted by atomic mass is 10.2. The maximum atomic E-state index is 13.2. The molecule has 1 unspecified atom stereocenters. The largest absolute Gasteiger partial charge is 0.497 e. The van der Waals surface area contributed by atoms with E-state index < -0.39 is 15.1 Å². The number of nitrogens with one attached hydrogen (secondary N) is 1. The molecule has 8 heteroatoms. The standard InChI is InChI=1S/C20H20N2O4S2/c1-26-16-6-8-18(9-7-16)28(24,25)19(15-4-2-10-21-13-15)14-22-20(23)12-17-5-3-11-27-17/h2-11,13,19H,12,14H2,1H3,(H,22,23). The van der Waals surface area contributed by atoms with Crippen molar-refractivity contribution < 1.29 is 17.9 Å². The lowest BCUT2D eigenvalue weighted by Gasteiger charge is -2.19. The number of carbonyl (C=O) groups is 1. The number of nitrogens with zero attached hydrogens (tertiary/aromatic N) is 1. The fraction of sp³-hybridized carbons (Fsp3) is 0.200. The smallest absolute Gasteiger partial charge is 0.225 e. The third-order valence-corrected chi connectivity index (χ3v) is 7.21. The molecule has 1 aromatic carbocycles. The van der Waals surface area contributed by atoms with E-state index >= 15 is 0 Å². The van der Waals surface area contributed by atoms with Crippen molar-refractivity contribution in [2.75, 3.05) is 13.7 Å². The highest BCUT2D eigenvalue weighted by atomic mass is 32.2. The molecule has 2 heterocycles. The van der Waals surface area contributed by atoms with Gasteiger partial charge in [-0.2, -0.15) is 0 Å². The van der Waals surface area contributed by atoms with Crippen LogP contribution in [0.3, 0.4) is 0 Å². The van der Waals surface area contributed by atoms with Crippen molar-refractivity contribution in [2.24, 2.45) is 0 Å². The maximum absolute atomic E-state index is 13.2. The molecular weight excluding hydrogens is 396 g/mol. The first-order chi connectivity index (χ1) is 13.5. The zero-order valence-electron chi connectivity index (χ0n) is 15.2. The molecule has 0 bridgehead atoms. The molecule has 146 valence electrons. The van der Waals surface area contributed by atoms with E-state index in [-0.39, 0.29) is 23.8 Å². The van der Waals surface area contributed by atoms with E-state index in [2.05, 4.69) is 10.3 Å². The van der Waals surface area contributed by atoms with Gasteiger partial charge in [-0.25, -0.2) is 8.42 Å². The molecule has 0 radical (unpaired) electrons. The second-order valence-electron chi connectivity index (χ2n) is 6.06. The number of hydrogen-bond donors (Lipinski definition) is 1. The summed E-state index contributed by atoms with van der Waals surface area (Å²) in [6.45, 7) is -0.0374. The molecule has 0 fully saturated rings. The molecular formula is C20H20N2O4S2. The Morgan fingerprint density at radius 2 is 1.96 bits per heavy atom. The molecule has 1 atom stereocenters. The van der Waals surface area contributed by atoms with Crippen LogP contribution in [0.25, 0.3) is 0 Å². The number of carbonyl (C=O) groups excluding carboxylic acids is 1. The Balaban J connectivity index is 1.83. The number of ether oxygens (including phenoxy) is 1. The third kappa shape index (κ3) is 4.76. The van der Waals surface area contributed by atoms with E-state index in [9.17, 15) is 13.2 Å². The molecule has 3 rings (SSSR count). The number of methoxy groups -OCH3 is 1. The van der Waals surface area contributed by atoms with Gasteiger partial charge in [0.25, 0.3) is 0 Å². The van der Waals surface area contributed by atoms with Crippen molar-refractivity contribution >= 4 is 27.1 Å². The van der Waals surface area contributed by atoms with Crippen LogP contribution >= 0.6 is 11.3 Å². The SMILES string of the molecule is COc1ccc(S(=O)(=O)C(CNC(=O)Cc2cccs2)c2cccnc2)cc1. The quantitative estimate of drug-likeness (QED) is 0.610. The Morgan fingerprint density at radius 1 is 1.18 bits per heavy atom. The van der Waals surface area contributed by atoms with Gasteiger partial charge in [0.15, 0.2) is 9.84 Å². The van der Waals surface area contributed by atoms with Crippen molar-refractivity contribution in [1.29, 1.82) is 0 Å². The Kier molecular flexibility index (Phi) is 6.43. The van der Waals surface area contributed by atoms with Gasteiger partial charge < -0.3 is 10.1 Å². The fourth-order valence-corrected chi connectivity index (χ4v) is 5.09. The summed E-state index contributed by atoms with van der Waals surface area (Å²) in [6.07, 6.45) is 3.31. The van der Waals surface area contributed by atoms with Gasteiger partial charge in [-0.1, -0.05) is 12.1 Å². The highest BCUT2D eigenvalue weighted by Crippen LogP contribution is 2.29. The number of pyridine rings is 1. The number of amides is 1. The summed E-state index contributed by atoms with van der Waals surface area (Å²) in [5.41, 5.74) is 0.523. The topological polar surface area (TPSA) is 85.4 Å². The first-order valence-electron chi connectivity index (χ1n) is 8.57. The molecule has 0 spiro atoms. The molecule has 1 amide bonds. The summed E-state index contributed by atoms with van der Waals surface area (Å²) < 4.78 is 31.6. The van der Waals surface area contributed by atoms with Crippen molar-refractivity contribution in [2.45, 2.75) is 16.6 Å². The van der Waals surface area contributed by atoms with Gasteiger partial charge in [-0.3, -0.25) is 9.78 Å². The number of thiophene rings is 1. The van der Waals surface area contributed by atoms with E-state index in [4.69, 9.17) is 4.74 Å². The first-order valence-corrected chi connectivity index (χ1v) is 11.0. The van der Waals surface area contributed by atoms with Crippen LogP contribution in [0.2, 0.25) is 0 Å². The van der Waals surface area contributed by atoms with Crippen LogP contribution < -0.4 is 10.1 Å². The summed E-state index contributed by atoms with van der Waals surface area (Å²) >= 11 is 1.49. The Labute approximate surface area is 168 Å². The van der Waals surface area contributed by atoms with Gasteiger partial charge in [0.1, 0.15) is 11.0 Å². The number of hydrogen-bond acceptors (Lipinski definition) is 6. The van der Waals surface area contributed by atoms with Crippen LogP contribution in [-0.2, 0) is 21.1 Å². The molecule has 0 aliphatic rings. The minimum atomic E-state index is -3.74. The maximum Gasteiger partial charge on any atom is 0.225 e. The van der Waals surface area contributed by atoms with Gasteiger partial charge in [-0.05, 0) is 47.3 Å². The molecule has 0 saturated carbocycles. The number of sulfone groups is 1. The van der Waals surface area contributed by atoms with Crippen LogP contribution in [0.15, 0.2) is 71.2 Å². The number of rotatable bonds is 8. The number of aromatic nitrogens is 1. The molecule has 28 heavy (non-hydrogen) atoms. The lowest BCUT2D eigenvalue weighted by molar-refractivity contribution is -0.120. The predicted octanol–water partition coefficient (Wildman–Crippen LogP) is 3.03. The normalized spacial score (nSPS) is 12.3. The average Bonchev–Trinajstić information content (AvgIpc) is 3.22. The fourth-order valence-electron chi connectivity index (χ4n) is 2.74. The van der Waals surface area contributed by atoms with Gasteiger partial charge in [0, 0.05) is 23.8 Å². The Bertz CT molecular complexity index is 1000. The third-order valence-electron chi connectivity index (χ3n) is 4.22. The molecule has 2 aromatic heterocycles. The van der Waals surface area contributed by atoms with E-state index in [0.717, 1.165) is 4.88 Å². The molecule has 0 aliphatic heterocycles. The monoisotopic (exact) mass is 416 g/mol. The average molecular weight is 417 g/mol. The van der Waals surface area contributed by atoms with Crippen molar-refractivity contribution in [3.05, 3.63) is 76.7 Å². The first kappa shape index (κ1) is 20.0. The lowest BCUT2D eigenvalue weighted by Crippen LogP contribution is -2.32. The van der Waals surface area contributed by atoms with Crippen LogP contribution in [-0.4, -0.2) is 33.0 Å². The molecule has 0 saturated heterocycles. The van der Waals surface area contributed by atoms with Crippen LogP contribution in [0, 0.1) is 0 Å². The zero-order valence-corrected chi connectivity index (χ0v) is 16.9. The highest BCUT2D eigenvalue weighted by molar-refractivity contribution is 7.91. The van der Waals surface area contributed by atoms with Crippen molar-refractivity contribution in [1.82, 2.24) is 10.3 Å². The van der Waals surface area contributed by atoms with Gasteiger partial charge >= 0.3 is 0 Å². The summed E-state index contributed by atoms with van der Waals surface area (Å²) in [7, 11) is -2.23. The van der Waals surface area contributed by atoms with Crippen molar-refractivity contribution in [3.63, 3.8) is 0 Å². The number of benzene rings is 1. The van der Waals surface area contributed by atoms with Crippen molar-refractivity contribution in [3.8, 4) is 5.75 Å². The van der Waals surface area contributed by atoms with E-state index in [1.807, 2.05) is 17.5 Å². The van der Waals surface area contributed by atoms with Crippen LogP contribution in [0.5, 0.6) is 5.75 Å². The van der Waals surface area contributed by atoms with Crippen LogP contribution in [0.1, 0.15) is 15.7 Å². The predicted molar refractivity (Wildman–Crippen MR) is 108 cm³/mol. The van der Waals surface area contributed by atoms with Gasteiger partial charge in [-0.15, -0.1) is 11.3 Å². The second-order valence-corrected chi connectivity index (χ2v) is 9.22. The zero-order chi connectivity index (χ0) is 20.0. The minimum absolute atomic E-state index is 0.0374. The van der Waals surface area contributed by atoms with E-state index in [0.29, 0.717) is 11.3 Å². The van der Waals surface area contributed by atoms with E-state index in [1.54, 1.807) is 30.5 Å². The molecule has 1 N–H and O–H groups in total. The summed E-state index contributed by atoms with van der Waals surface area (Å²) in [5.74, 6) is 0.349. The molecule has 6 nitrogen and oxygen atoms in total. The molecule has 3 aromatic rings. The summed E-state index contributed by atoms with van der Waals surface area (Å²) in [5, 5.41) is 3.71. The Hall–Kier alpha value is -2.71.